The third kappa shape index (κ3) is 3.81. The van der Waals surface area contributed by atoms with Crippen molar-refractivity contribution in [3.05, 3.63) is 0 Å². The molecule has 0 saturated carbocycles. The lowest BCUT2D eigenvalue weighted by Gasteiger charge is -2.35. The van der Waals surface area contributed by atoms with Gasteiger partial charge in [0.05, 0.1) is 32.0 Å². The third-order valence-electron chi connectivity index (χ3n) is 5.09. The van der Waals surface area contributed by atoms with Crippen molar-refractivity contribution in [1.82, 2.24) is 25.0 Å². The van der Waals surface area contributed by atoms with Crippen molar-refractivity contribution in [2.45, 2.75) is 26.3 Å². The van der Waals surface area contributed by atoms with Gasteiger partial charge in [0.1, 0.15) is 0 Å². The number of hydrogen-bond acceptors (Lipinski definition) is 7. The molecule has 0 radical (unpaired) electrons. The minimum absolute atomic E-state index is 0.0103. The summed E-state index contributed by atoms with van der Waals surface area (Å²) in [6, 6.07) is 0. The Morgan fingerprint density at radius 2 is 2.15 bits per heavy atom. The maximum Gasteiger partial charge on any atom is 0.250 e. The normalized spacial score (nSPS) is 22.2. The highest BCUT2D eigenvalue weighted by molar-refractivity contribution is 7.80. The SMILES string of the molecule is CCCCNC(=S)N1CC(=O)C2=Nc3nc(N4CCOCC4)nn3CC2C1. The van der Waals surface area contributed by atoms with Gasteiger partial charge in [-0.25, -0.2) is 9.67 Å². The highest BCUT2D eigenvalue weighted by Crippen LogP contribution is 2.27. The molecule has 1 unspecified atom stereocenters. The van der Waals surface area contributed by atoms with Crippen molar-refractivity contribution in [3.63, 3.8) is 0 Å². The van der Waals surface area contributed by atoms with Crippen LogP contribution in [0, 0.1) is 5.92 Å². The van der Waals surface area contributed by atoms with Gasteiger partial charge >= 0.3 is 0 Å². The van der Waals surface area contributed by atoms with Crippen LogP contribution in [0.4, 0.5) is 11.9 Å². The number of ketones is 1. The highest BCUT2D eigenvalue weighted by Gasteiger charge is 2.37. The molecule has 1 N–H and O–H groups in total. The lowest BCUT2D eigenvalue weighted by atomic mass is 9.93. The van der Waals surface area contributed by atoms with Crippen molar-refractivity contribution in [1.29, 1.82) is 0 Å². The second-order valence-electron chi connectivity index (χ2n) is 7.08. The van der Waals surface area contributed by atoms with Gasteiger partial charge in [-0.1, -0.05) is 13.3 Å². The van der Waals surface area contributed by atoms with Gasteiger partial charge in [-0.3, -0.25) is 4.79 Å². The fourth-order valence-corrected chi connectivity index (χ4v) is 3.82. The number of aromatic nitrogens is 3. The second-order valence-corrected chi connectivity index (χ2v) is 7.46. The maximum atomic E-state index is 12.6. The topological polar surface area (TPSA) is 87.9 Å². The summed E-state index contributed by atoms with van der Waals surface area (Å²) in [5.74, 6) is 1.20. The summed E-state index contributed by atoms with van der Waals surface area (Å²) in [6.07, 6.45) is 2.17. The molecule has 2 fully saturated rings. The van der Waals surface area contributed by atoms with E-state index < -0.39 is 0 Å². The smallest absolute Gasteiger partial charge is 0.250 e. The number of fused-ring (bicyclic) bond motifs is 2. The third-order valence-corrected chi connectivity index (χ3v) is 5.49. The molecule has 0 aromatic carbocycles. The number of Topliss-reactive ketones (excluding diaryl/α,β-unsaturated/α-hetero) is 1. The monoisotopic (exact) mass is 391 g/mol. The minimum atomic E-state index is -0.0103. The van der Waals surface area contributed by atoms with E-state index in [-0.39, 0.29) is 18.2 Å². The Balaban J connectivity index is 1.47. The van der Waals surface area contributed by atoms with Gasteiger partial charge in [-0.05, 0) is 18.6 Å². The zero-order valence-corrected chi connectivity index (χ0v) is 16.4. The number of rotatable bonds is 4. The maximum absolute atomic E-state index is 12.6. The molecule has 1 atom stereocenters. The number of thiocarbonyl (C=S) groups is 1. The van der Waals surface area contributed by atoms with E-state index in [1.54, 1.807) is 0 Å². The van der Waals surface area contributed by atoms with E-state index >= 15 is 0 Å². The van der Waals surface area contributed by atoms with Gasteiger partial charge in [-0.2, -0.15) is 4.98 Å². The Kier molecular flexibility index (Phi) is 5.35. The van der Waals surface area contributed by atoms with Crippen LogP contribution in [-0.4, -0.2) is 82.2 Å². The highest BCUT2D eigenvalue weighted by atomic mass is 32.1. The molecule has 0 spiro atoms. The standard InChI is InChI=1S/C17H25N7O2S/c1-2-3-4-18-17(27)23-9-12-10-24-15(19-14(12)13(25)11-23)20-16(21-24)22-5-7-26-8-6-22/h12H,2-11H2,1H3,(H,18,27). The molecule has 4 rings (SSSR count). The van der Waals surface area contributed by atoms with Crippen LogP contribution in [0.1, 0.15) is 19.8 Å². The first-order valence-electron chi connectivity index (χ1n) is 9.57. The van der Waals surface area contributed by atoms with Gasteiger partial charge in [0.15, 0.2) is 10.9 Å². The number of aliphatic imine (C=N–C) groups is 1. The van der Waals surface area contributed by atoms with Crippen LogP contribution in [0.2, 0.25) is 0 Å². The van der Waals surface area contributed by atoms with Crippen LogP contribution in [0.15, 0.2) is 4.99 Å². The number of nitrogens with zero attached hydrogens (tertiary/aromatic N) is 6. The molecule has 1 aromatic heterocycles. The van der Waals surface area contributed by atoms with E-state index in [9.17, 15) is 4.79 Å². The summed E-state index contributed by atoms with van der Waals surface area (Å²) >= 11 is 5.47. The van der Waals surface area contributed by atoms with Crippen LogP contribution in [0.3, 0.4) is 0 Å². The Morgan fingerprint density at radius 3 is 2.93 bits per heavy atom. The fourth-order valence-electron chi connectivity index (χ4n) is 3.58. The average Bonchev–Trinajstić information content (AvgIpc) is 3.10. The van der Waals surface area contributed by atoms with Crippen LogP contribution >= 0.6 is 12.2 Å². The van der Waals surface area contributed by atoms with Gasteiger partial charge in [0.25, 0.3) is 0 Å². The molecule has 0 bridgehead atoms. The van der Waals surface area contributed by atoms with Crippen molar-refractivity contribution in [2.75, 3.05) is 50.8 Å². The van der Waals surface area contributed by atoms with E-state index in [1.165, 1.54) is 0 Å². The second kappa shape index (κ2) is 7.89. The molecule has 0 aliphatic carbocycles. The van der Waals surface area contributed by atoms with E-state index in [0.717, 1.165) is 32.5 Å². The van der Waals surface area contributed by atoms with Crippen molar-refractivity contribution in [3.8, 4) is 0 Å². The summed E-state index contributed by atoms with van der Waals surface area (Å²) in [5.41, 5.74) is 0.607. The first-order chi connectivity index (χ1) is 13.2. The summed E-state index contributed by atoms with van der Waals surface area (Å²) < 4.78 is 7.19. The quantitative estimate of drug-likeness (QED) is 0.582. The summed E-state index contributed by atoms with van der Waals surface area (Å²) in [6.45, 7) is 7.43. The summed E-state index contributed by atoms with van der Waals surface area (Å²) in [4.78, 5) is 25.8. The average molecular weight is 392 g/mol. The fraction of sp³-hybridized carbons (Fsp3) is 0.706. The molecule has 3 aliphatic rings. The van der Waals surface area contributed by atoms with E-state index in [2.05, 4.69) is 32.2 Å². The molecular formula is C17H25N7O2S. The Hall–Kier alpha value is -2.07. The van der Waals surface area contributed by atoms with Gasteiger partial charge in [0.2, 0.25) is 11.9 Å². The predicted octanol–water partition coefficient (Wildman–Crippen LogP) is 0.376. The van der Waals surface area contributed by atoms with E-state index in [1.807, 2.05) is 9.58 Å². The molecule has 27 heavy (non-hydrogen) atoms. The zero-order valence-electron chi connectivity index (χ0n) is 15.6. The van der Waals surface area contributed by atoms with Crippen LogP contribution in [-0.2, 0) is 16.1 Å². The number of hydrogen-bond donors (Lipinski definition) is 1. The van der Waals surface area contributed by atoms with Crippen LogP contribution in [0.5, 0.6) is 0 Å². The largest absolute Gasteiger partial charge is 0.378 e. The Morgan fingerprint density at radius 1 is 1.33 bits per heavy atom. The number of morpholine rings is 1. The Bertz CT molecular complexity index is 756. The molecular weight excluding hydrogens is 366 g/mol. The van der Waals surface area contributed by atoms with Crippen LogP contribution in [0.25, 0.3) is 0 Å². The number of piperidine rings is 1. The van der Waals surface area contributed by atoms with Gasteiger partial charge in [-0.15, -0.1) is 5.10 Å². The molecule has 10 heteroatoms. The molecule has 9 nitrogen and oxygen atoms in total. The zero-order chi connectivity index (χ0) is 18.8. The Labute approximate surface area is 163 Å². The van der Waals surface area contributed by atoms with E-state index in [4.69, 9.17) is 17.0 Å². The van der Waals surface area contributed by atoms with Crippen LogP contribution < -0.4 is 10.2 Å². The number of likely N-dealkylation sites (tertiary alicyclic amines) is 1. The van der Waals surface area contributed by atoms with Crippen molar-refractivity contribution < 1.29 is 9.53 Å². The number of ether oxygens (including phenoxy) is 1. The molecule has 0 amide bonds. The number of unbranched alkanes of at least 4 members (excludes halogenated alkanes) is 1. The molecule has 4 heterocycles. The van der Waals surface area contributed by atoms with Crippen molar-refractivity contribution >= 4 is 40.7 Å². The molecule has 3 aliphatic heterocycles. The predicted molar refractivity (Wildman–Crippen MR) is 106 cm³/mol. The first kappa shape index (κ1) is 18.3. The number of carbonyl (C=O) groups excluding carboxylic acids is 1. The lowest BCUT2D eigenvalue weighted by molar-refractivity contribution is -0.114. The number of carbonyl (C=O) groups is 1. The molecule has 146 valence electrons. The first-order valence-corrected chi connectivity index (χ1v) is 9.98. The van der Waals surface area contributed by atoms with E-state index in [0.29, 0.717) is 49.0 Å². The summed E-state index contributed by atoms with van der Waals surface area (Å²) in [7, 11) is 0. The lowest BCUT2D eigenvalue weighted by Crippen LogP contribution is -2.54. The van der Waals surface area contributed by atoms with Crippen molar-refractivity contribution in [2.24, 2.45) is 10.9 Å². The number of nitrogens with one attached hydrogen (secondary N) is 1. The molecule has 2 saturated heterocycles. The molecule has 1 aromatic rings. The van der Waals surface area contributed by atoms with Gasteiger partial charge in [0, 0.05) is 32.1 Å². The minimum Gasteiger partial charge on any atom is -0.378 e. The number of anilines is 1. The summed E-state index contributed by atoms with van der Waals surface area (Å²) in [5, 5.41) is 8.51. The van der Waals surface area contributed by atoms with Gasteiger partial charge < -0.3 is 19.9 Å².